The highest BCUT2D eigenvalue weighted by atomic mass is 19.1. The van der Waals surface area contributed by atoms with Gasteiger partial charge in [-0.1, -0.05) is 30.3 Å². The van der Waals surface area contributed by atoms with Crippen molar-refractivity contribution in [2.75, 3.05) is 13.2 Å². The van der Waals surface area contributed by atoms with Gasteiger partial charge >= 0.3 is 0 Å². The van der Waals surface area contributed by atoms with Crippen LogP contribution < -0.4 is 0 Å². The summed E-state index contributed by atoms with van der Waals surface area (Å²) in [5, 5.41) is 31.5. The number of rotatable bonds is 13. The first-order valence-corrected chi connectivity index (χ1v) is 14.8. The summed E-state index contributed by atoms with van der Waals surface area (Å²) in [5.41, 5.74) is 2.43. The zero-order chi connectivity index (χ0) is 32.0. The lowest BCUT2D eigenvalue weighted by Crippen LogP contribution is -2.51. The Morgan fingerprint density at radius 1 is 0.955 bits per heavy atom. The second kappa shape index (κ2) is 14.8. The number of hydrogen-bond acceptors (Lipinski definition) is 6. The third kappa shape index (κ3) is 8.65. The molecule has 234 valence electrons. The molecule has 1 amide bonds. The van der Waals surface area contributed by atoms with Gasteiger partial charge < -0.3 is 20.2 Å². The Morgan fingerprint density at radius 3 is 2.25 bits per heavy atom. The predicted molar refractivity (Wildman–Crippen MR) is 161 cm³/mol. The number of carbonyl (C=O) groups is 3. The van der Waals surface area contributed by atoms with E-state index in [1.807, 2.05) is 30.3 Å². The molecule has 0 bridgehead atoms. The molecular weight excluding hydrogens is 568 g/mol. The molecule has 3 N–H and O–H groups in total. The molecule has 1 fully saturated rings. The van der Waals surface area contributed by atoms with Gasteiger partial charge in [-0.2, -0.15) is 0 Å². The van der Waals surface area contributed by atoms with Crippen molar-refractivity contribution in [1.29, 1.82) is 0 Å². The molecule has 0 radical (unpaired) electrons. The van der Waals surface area contributed by atoms with E-state index in [4.69, 9.17) is 0 Å². The summed E-state index contributed by atoms with van der Waals surface area (Å²) in [4.78, 5) is 41.1. The fraction of sp³-hybridized carbons (Fsp3) is 0.400. The van der Waals surface area contributed by atoms with Gasteiger partial charge in [0, 0.05) is 36.7 Å². The summed E-state index contributed by atoms with van der Waals surface area (Å²) in [7, 11) is 0. The van der Waals surface area contributed by atoms with Gasteiger partial charge in [0.05, 0.1) is 24.7 Å². The number of aliphatic hydroxyl groups excluding tert-OH is 3. The average molecular weight is 608 g/mol. The van der Waals surface area contributed by atoms with Crippen molar-refractivity contribution in [3.05, 3.63) is 106 Å². The normalized spacial score (nSPS) is 19.0. The fourth-order valence-electron chi connectivity index (χ4n) is 6.21. The quantitative estimate of drug-likeness (QED) is 0.243. The number of Topliss-reactive ketones (excluding diaryl/α,β-unsaturated/α-hetero) is 2. The highest BCUT2D eigenvalue weighted by molar-refractivity contribution is 6.01. The van der Waals surface area contributed by atoms with Gasteiger partial charge in [0.15, 0.2) is 11.6 Å². The van der Waals surface area contributed by atoms with Crippen molar-refractivity contribution in [1.82, 2.24) is 4.90 Å². The van der Waals surface area contributed by atoms with Crippen molar-refractivity contribution in [2.45, 2.75) is 58.3 Å². The number of aryl methyl sites for hydroxylation is 1. The Labute approximate surface area is 256 Å². The molecule has 3 aromatic carbocycles. The summed E-state index contributed by atoms with van der Waals surface area (Å²) in [5.74, 6) is -4.64. The lowest BCUT2D eigenvalue weighted by Gasteiger charge is -2.41. The molecule has 1 aliphatic rings. The van der Waals surface area contributed by atoms with Crippen molar-refractivity contribution in [3.63, 3.8) is 0 Å². The SMILES string of the molecule is CC(=O)c1cc(C)cc(C(=O)C[C@@H](Cc2cc(F)cc(F)c2)[C@H](O)[C@@H]2C[C@@H](CC(O)CO)CN(Cc3ccccc3)C2=O)c1. The molecule has 1 saturated heterocycles. The van der Waals surface area contributed by atoms with Gasteiger partial charge in [0.2, 0.25) is 5.91 Å². The second-order valence-corrected chi connectivity index (χ2v) is 12.0. The zero-order valence-corrected chi connectivity index (χ0v) is 25.0. The number of hydrogen-bond donors (Lipinski definition) is 3. The van der Waals surface area contributed by atoms with E-state index in [-0.39, 0.29) is 66.7 Å². The van der Waals surface area contributed by atoms with Crippen LogP contribution in [0.2, 0.25) is 0 Å². The van der Waals surface area contributed by atoms with Gasteiger partial charge in [-0.25, -0.2) is 8.78 Å². The van der Waals surface area contributed by atoms with E-state index in [0.29, 0.717) is 17.7 Å². The molecule has 3 aromatic rings. The summed E-state index contributed by atoms with van der Waals surface area (Å²) < 4.78 is 28.3. The minimum absolute atomic E-state index is 0.0840. The summed E-state index contributed by atoms with van der Waals surface area (Å²) in [6.07, 6.45) is -2.31. The van der Waals surface area contributed by atoms with E-state index in [2.05, 4.69) is 0 Å². The fourth-order valence-corrected chi connectivity index (χ4v) is 6.21. The first-order chi connectivity index (χ1) is 20.9. The Kier molecular flexibility index (Phi) is 11.1. The first-order valence-electron chi connectivity index (χ1n) is 14.8. The Morgan fingerprint density at radius 2 is 1.61 bits per heavy atom. The van der Waals surface area contributed by atoms with Crippen LogP contribution in [0.25, 0.3) is 0 Å². The van der Waals surface area contributed by atoms with Gasteiger partial charge in [0.1, 0.15) is 11.6 Å². The van der Waals surface area contributed by atoms with E-state index >= 15 is 0 Å². The van der Waals surface area contributed by atoms with Crippen LogP contribution in [0, 0.1) is 36.3 Å². The molecule has 1 aliphatic heterocycles. The maximum absolute atomic E-state index is 14.1. The van der Waals surface area contributed by atoms with Crippen molar-refractivity contribution < 1.29 is 38.5 Å². The minimum atomic E-state index is -1.37. The van der Waals surface area contributed by atoms with Crippen LogP contribution in [-0.4, -0.2) is 63.1 Å². The zero-order valence-electron chi connectivity index (χ0n) is 25.0. The largest absolute Gasteiger partial charge is 0.394 e. The lowest BCUT2D eigenvalue weighted by molar-refractivity contribution is -0.148. The maximum atomic E-state index is 14.1. The van der Waals surface area contributed by atoms with Crippen LogP contribution >= 0.6 is 0 Å². The number of likely N-dealkylation sites (tertiary alicyclic amines) is 1. The number of halogens is 2. The van der Waals surface area contributed by atoms with Gasteiger partial charge in [-0.15, -0.1) is 0 Å². The van der Waals surface area contributed by atoms with Crippen LogP contribution in [0.15, 0.2) is 66.7 Å². The number of ketones is 2. The number of nitrogens with zero attached hydrogens (tertiary/aromatic N) is 1. The van der Waals surface area contributed by atoms with Gasteiger partial charge in [-0.05, 0) is 92.0 Å². The molecule has 9 heteroatoms. The topological polar surface area (TPSA) is 115 Å². The van der Waals surface area contributed by atoms with E-state index in [1.165, 1.54) is 13.0 Å². The molecule has 1 heterocycles. The molecule has 7 nitrogen and oxygen atoms in total. The molecule has 0 aromatic heterocycles. The lowest BCUT2D eigenvalue weighted by atomic mass is 9.75. The minimum Gasteiger partial charge on any atom is -0.394 e. The molecular formula is C35H39F2NO6. The van der Waals surface area contributed by atoms with Crippen LogP contribution in [0.1, 0.15) is 63.6 Å². The number of carbonyl (C=O) groups excluding carboxylic acids is 3. The molecule has 5 atom stereocenters. The van der Waals surface area contributed by atoms with E-state index in [1.54, 1.807) is 24.0 Å². The smallest absolute Gasteiger partial charge is 0.228 e. The second-order valence-electron chi connectivity index (χ2n) is 12.0. The number of aliphatic hydroxyl groups is 3. The van der Waals surface area contributed by atoms with E-state index in [0.717, 1.165) is 23.8 Å². The third-order valence-corrected chi connectivity index (χ3v) is 8.30. The molecule has 0 spiro atoms. The molecule has 0 aliphatic carbocycles. The summed E-state index contributed by atoms with van der Waals surface area (Å²) in [6.45, 7) is 3.29. The Balaban J connectivity index is 1.67. The Hall–Kier alpha value is -3.79. The number of benzene rings is 3. The standard InChI is InChI=1S/C35H39F2NO6/c1-21-8-26(22(2)40)15-27(9-21)33(42)16-28(10-24-11-29(36)17-30(37)12-24)34(43)32-14-25(13-31(41)20-39)19-38(35(32)44)18-23-6-4-3-5-7-23/h3-9,11-12,15,17,25,28,31-32,34,39,41,43H,10,13-14,16,18-20H2,1-2H3/t25-,28-,31?,32+,34+/m1/s1. The molecule has 44 heavy (non-hydrogen) atoms. The predicted octanol–water partition coefficient (Wildman–Crippen LogP) is 4.68. The van der Waals surface area contributed by atoms with Crippen molar-refractivity contribution >= 4 is 17.5 Å². The van der Waals surface area contributed by atoms with Crippen LogP contribution in [0.3, 0.4) is 0 Å². The van der Waals surface area contributed by atoms with Crippen molar-refractivity contribution in [2.24, 2.45) is 17.8 Å². The highest BCUT2D eigenvalue weighted by Crippen LogP contribution is 2.35. The number of amides is 1. The van der Waals surface area contributed by atoms with Gasteiger partial charge in [-0.3, -0.25) is 14.4 Å². The van der Waals surface area contributed by atoms with Crippen LogP contribution in [-0.2, 0) is 17.8 Å². The van der Waals surface area contributed by atoms with Gasteiger partial charge in [0.25, 0.3) is 0 Å². The van der Waals surface area contributed by atoms with Crippen LogP contribution in [0.5, 0.6) is 0 Å². The van der Waals surface area contributed by atoms with Crippen molar-refractivity contribution in [3.8, 4) is 0 Å². The third-order valence-electron chi connectivity index (χ3n) is 8.30. The summed E-state index contributed by atoms with van der Waals surface area (Å²) in [6, 6.07) is 17.1. The van der Waals surface area contributed by atoms with E-state index in [9.17, 15) is 38.5 Å². The number of piperidine rings is 1. The summed E-state index contributed by atoms with van der Waals surface area (Å²) >= 11 is 0. The molecule has 4 rings (SSSR count). The van der Waals surface area contributed by atoms with E-state index < -0.39 is 42.3 Å². The first kappa shape index (κ1) is 33.1. The monoisotopic (exact) mass is 607 g/mol. The molecule has 1 unspecified atom stereocenters. The Bertz CT molecular complexity index is 1460. The average Bonchev–Trinajstić information content (AvgIpc) is 2.97. The maximum Gasteiger partial charge on any atom is 0.228 e. The highest BCUT2D eigenvalue weighted by Gasteiger charge is 2.42. The van der Waals surface area contributed by atoms with Crippen LogP contribution in [0.4, 0.5) is 8.78 Å². The molecule has 0 saturated carbocycles.